The first kappa shape index (κ1) is 26.6. The summed E-state index contributed by atoms with van der Waals surface area (Å²) in [5.41, 5.74) is 9.36. The highest BCUT2D eigenvalue weighted by molar-refractivity contribution is 6.05. The summed E-state index contributed by atoms with van der Waals surface area (Å²) in [6, 6.07) is 13.9. The van der Waals surface area contributed by atoms with Crippen LogP contribution in [-0.4, -0.2) is 48.9 Å². The SMILES string of the molecule is CN(C)CCN(Cc1ccc(C(=O)Nc2ccccc2N)cc1)C(=O)NC1=COC=C(C2=CC=CCC2)O1. The molecule has 2 aromatic carbocycles. The molecule has 0 radical (unpaired) electrons. The van der Waals surface area contributed by atoms with Gasteiger partial charge in [0.25, 0.3) is 5.91 Å². The quantitative estimate of drug-likeness (QED) is 0.423. The molecular formula is C29H33N5O4. The van der Waals surface area contributed by atoms with Gasteiger partial charge in [-0.05, 0) is 62.3 Å². The number of benzene rings is 2. The summed E-state index contributed by atoms with van der Waals surface area (Å²) in [6.07, 6.45) is 10.7. The Kier molecular flexibility index (Phi) is 8.84. The lowest BCUT2D eigenvalue weighted by Crippen LogP contribution is -2.42. The average molecular weight is 516 g/mol. The lowest BCUT2D eigenvalue weighted by atomic mass is 10.0. The minimum atomic E-state index is -0.318. The van der Waals surface area contributed by atoms with Crippen molar-refractivity contribution < 1.29 is 19.1 Å². The number of carbonyl (C=O) groups is 2. The van der Waals surface area contributed by atoms with E-state index in [1.165, 1.54) is 12.5 Å². The van der Waals surface area contributed by atoms with Gasteiger partial charge in [0.15, 0.2) is 12.0 Å². The first-order chi connectivity index (χ1) is 18.4. The molecule has 0 atom stereocenters. The van der Waals surface area contributed by atoms with Crippen molar-refractivity contribution in [3.63, 3.8) is 0 Å². The predicted molar refractivity (Wildman–Crippen MR) is 148 cm³/mol. The van der Waals surface area contributed by atoms with E-state index in [2.05, 4.69) is 16.7 Å². The Balaban J connectivity index is 1.39. The van der Waals surface area contributed by atoms with Crippen molar-refractivity contribution in [2.75, 3.05) is 38.2 Å². The van der Waals surface area contributed by atoms with Gasteiger partial charge in [0.1, 0.15) is 6.26 Å². The standard InChI is InChI=1S/C29H33N5O4/c1-33(2)16-17-34(29(36)32-27-20-37-19-26(38-27)22-8-4-3-5-9-22)18-21-12-14-23(15-13-21)28(35)31-25-11-7-6-10-24(25)30/h3-4,6-8,10-15,19-20H,5,9,16-18,30H2,1-2H3,(H,31,35)(H,32,36). The van der Waals surface area contributed by atoms with Crippen LogP contribution in [0.5, 0.6) is 0 Å². The number of likely N-dealkylation sites (N-methyl/N-ethyl adjacent to an activating group) is 1. The minimum absolute atomic E-state index is 0.227. The molecule has 0 unspecified atom stereocenters. The molecule has 0 aromatic heterocycles. The Labute approximate surface area is 222 Å². The number of hydrogen-bond donors (Lipinski definition) is 3. The van der Waals surface area contributed by atoms with E-state index < -0.39 is 0 Å². The fourth-order valence-corrected chi connectivity index (χ4v) is 3.87. The smallest absolute Gasteiger partial charge is 0.324 e. The van der Waals surface area contributed by atoms with E-state index >= 15 is 0 Å². The summed E-state index contributed by atoms with van der Waals surface area (Å²) in [4.78, 5) is 29.6. The third-order valence-corrected chi connectivity index (χ3v) is 6.03. The third-order valence-electron chi connectivity index (χ3n) is 6.03. The number of allylic oxidation sites excluding steroid dienone is 4. The van der Waals surface area contributed by atoms with Gasteiger partial charge >= 0.3 is 6.03 Å². The number of anilines is 2. The van der Waals surface area contributed by atoms with Crippen molar-refractivity contribution >= 4 is 23.3 Å². The van der Waals surface area contributed by atoms with Crippen LogP contribution >= 0.6 is 0 Å². The van der Waals surface area contributed by atoms with Gasteiger partial charge in [-0.3, -0.25) is 10.1 Å². The maximum absolute atomic E-state index is 13.2. The molecule has 9 heteroatoms. The first-order valence-electron chi connectivity index (χ1n) is 12.4. The monoisotopic (exact) mass is 515 g/mol. The molecule has 4 N–H and O–H groups in total. The van der Waals surface area contributed by atoms with Crippen molar-refractivity contribution in [3.05, 3.63) is 108 Å². The molecule has 9 nitrogen and oxygen atoms in total. The number of urea groups is 1. The molecule has 0 saturated heterocycles. The molecule has 1 heterocycles. The summed E-state index contributed by atoms with van der Waals surface area (Å²) in [5.74, 6) is 0.550. The Morgan fingerprint density at radius 1 is 1.00 bits per heavy atom. The summed E-state index contributed by atoms with van der Waals surface area (Å²) in [7, 11) is 3.90. The van der Waals surface area contributed by atoms with Gasteiger partial charge in [0, 0.05) is 25.2 Å². The average Bonchev–Trinajstić information content (AvgIpc) is 2.93. The molecule has 0 fully saturated rings. The highest BCUT2D eigenvalue weighted by Crippen LogP contribution is 2.25. The zero-order valence-electron chi connectivity index (χ0n) is 21.6. The largest absolute Gasteiger partial charge is 0.463 e. The molecule has 198 valence electrons. The van der Waals surface area contributed by atoms with Crippen LogP contribution in [-0.2, 0) is 16.0 Å². The van der Waals surface area contributed by atoms with Crippen LogP contribution in [0, 0.1) is 0 Å². The van der Waals surface area contributed by atoms with Crippen molar-refractivity contribution in [2.45, 2.75) is 19.4 Å². The van der Waals surface area contributed by atoms with Crippen LogP contribution in [0.15, 0.2) is 96.5 Å². The fraction of sp³-hybridized carbons (Fsp3) is 0.241. The highest BCUT2D eigenvalue weighted by Gasteiger charge is 2.21. The zero-order chi connectivity index (χ0) is 26.9. The van der Waals surface area contributed by atoms with Crippen LogP contribution in [0.2, 0.25) is 0 Å². The fourth-order valence-electron chi connectivity index (χ4n) is 3.87. The topological polar surface area (TPSA) is 109 Å². The van der Waals surface area contributed by atoms with E-state index in [1.807, 2.05) is 55.4 Å². The van der Waals surface area contributed by atoms with E-state index in [4.69, 9.17) is 15.2 Å². The van der Waals surface area contributed by atoms with Gasteiger partial charge in [-0.15, -0.1) is 0 Å². The maximum Gasteiger partial charge on any atom is 0.324 e. The summed E-state index contributed by atoms with van der Waals surface area (Å²) >= 11 is 0. The van der Waals surface area contributed by atoms with E-state index in [0.717, 1.165) is 24.0 Å². The van der Waals surface area contributed by atoms with E-state index in [0.29, 0.717) is 42.3 Å². The van der Waals surface area contributed by atoms with Crippen LogP contribution in [0.3, 0.4) is 0 Å². The number of ether oxygens (including phenoxy) is 2. The van der Waals surface area contributed by atoms with Crippen LogP contribution < -0.4 is 16.4 Å². The first-order valence-corrected chi connectivity index (χ1v) is 12.4. The number of amides is 3. The number of nitrogens with two attached hydrogens (primary N) is 1. The Morgan fingerprint density at radius 3 is 2.50 bits per heavy atom. The Bertz CT molecular complexity index is 1280. The maximum atomic E-state index is 13.2. The van der Waals surface area contributed by atoms with E-state index in [-0.39, 0.29) is 17.8 Å². The molecule has 0 bridgehead atoms. The Hall–Kier alpha value is -4.50. The lowest BCUT2D eigenvalue weighted by molar-refractivity contribution is 0.102. The molecule has 3 amide bonds. The van der Waals surface area contributed by atoms with E-state index in [1.54, 1.807) is 29.2 Å². The number of rotatable bonds is 9. The molecule has 1 aliphatic heterocycles. The minimum Gasteiger partial charge on any atom is -0.463 e. The molecule has 2 aromatic rings. The number of nitrogens with one attached hydrogen (secondary N) is 2. The van der Waals surface area contributed by atoms with Crippen LogP contribution in [0.4, 0.5) is 16.2 Å². The van der Waals surface area contributed by atoms with Crippen molar-refractivity contribution in [1.29, 1.82) is 0 Å². The van der Waals surface area contributed by atoms with Crippen molar-refractivity contribution in [1.82, 2.24) is 15.1 Å². The number of nitrogens with zero attached hydrogens (tertiary/aromatic N) is 2. The second-order valence-corrected chi connectivity index (χ2v) is 9.25. The van der Waals surface area contributed by atoms with Crippen LogP contribution in [0.25, 0.3) is 0 Å². The lowest BCUT2D eigenvalue weighted by Gasteiger charge is -2.26. The molecule has 0 saturated carbocycles. The van der Waals surface area contributed by atoms with Gasteiger partial charge in [-0.1, -0.05) is 42.5 Å². The second-order valence-electron chi connectivity index (χ2n) is 9.25. The zero-order valence-corrected chi connectivity index (χ0v) is 21.6. The van der Waals surface area contributed by atoms with Crippen molar-refractivity contribution in [3.8, 4) is 0 Å². The van der Waals surface area contributed by atoms with Crippen molar-refractivity contribution in [2.24, 2.45) is 0 Å². The summed E-state index contributed by atoms with van der Waals surface area (Å²) in [6.45, 7) is 1.51. The summed E-state index contributed by atoms with van der Waals surface area (Å²) < 4.78 is 11.3. The predicted octanol–water partition coefficient (Wildman–Crippen LogP) is 4.56. The number of para-hydroxylation sites is 2. The van der Waals surface area contributed by atoms with Crippen LogP contribution in [0.1, 0.15) is 28.8 Å². The Morgan fingerprint density at radius 2 is 1.79 bits per heavy atom. The molecular weight excluding hydrogens is 482 g/mol. The van der Waals surface area contributed by atoms with Gasteiger partial charge in [0.2, 0.25) is 5.88 Å². The summed E-state index contributed by atoms with van der Waals surface area (Å²) in [5, 5.41) is 5.64. The number of carbonyl (C=O) groups excluding carboxylic acids is 2. The number of nitrogen functional groups attached to an aromatic ring is 1. The third kappa shape index (κ3) is 7.27. The normalized spacial score (nSPS) is 14.4. The molecule has 4 rings (SSSR count). The molecule has 1 aliphatic carbocycles. The van der Waals surface area contributed by atoms with Gasteiger partial charge in [-0.25, -0.2) is 4.79 Å². The van der Waals surface area contributed by atoms with Gasteiger partial charge < -0.3 is 30.3 Å². The molecule has 38 heavy (non-hydrogen) atoms. The second kappa shape index (κ2) is 12.6. The van der Waals surface area contributed by atoms with Gasteiger partial charge in [0.05, 0.1) is 11.4 Å². The molecule has 2 aliphatic rings. The van der Waals surface area contributed by atoms with Gasteiger partial charge in [-0.2, -0.15) is 0 Å². The highest BCUT2D eigenvalue weighted by atomic mass is 16.6. The molecule has 0 spiro atoms. The number of hydrogen-bond acceptors (Lipinski definition) is 6. The van der Waals surface area contributed by atoms with E-state index in [9.17, 15) is 9.59 Å².